The van der Waals surface area contributed by atoms with E-state index < -0.39 is 0 Å². The van der Waals surface area contributed by atoms with Gasteiger partial charge in [0.1, 0.15) is 0 Å². The first kappa shape index (κ1) is 14.1. The molecule has 0 aromatic heterocycles. The van der Waals surface area contributed by atoms with Crippen molar-refractivity contribution in [2.75, 3.05) is 5.75 Å². The summed E-state index contributed by atoms with van der Waals surface area (Å²) in [7, 11) is 0. The molecule has 92 valence electrons. The van der Waals surface area contributed by atoms with Crippen molar-refractivity contribution in [3.63, 3.8) is 0 Å². The Labute approximate surface area is 108 Å². The normalized spacial score (nSPS) is 10.5. The third-order valence-corrected chi connectivity index (χ3v) is 3.44. The molecule has 0 saturated heterocycles. The molecule has 1 N–H and O–H groups in total. The van der Waals surface area contributed by atoms with E-state index >= 15 is 0 Å². The number of nitrogens with one attached hydrogen (secondary N) is 1. The van der Waals surface area contributed by atoms with Gasteiger partial charge in [-0.15, -0.1) is 11.8 Å². The molecule has 0 unspecified atom stereocenters. The zero-order valence-corrected chi connectivity index (χ0v) is 11.4. The lowest BCUT2D eigenvalue weighted by molar-refractivity contribution is 0.588. The predicted molar refractivity (Wildman–Crippen MR) is 74.0 cm³/mol. The van der Waals surface area contributed by atoms with Crippen LogP contribution in [0.3, 0.4) is 0 Å². The standard InChI is InChI=1S/C14H20N2S/c1-12(2)16-11-13-5-7-14(8-6-13)17-10-4-3-9-15/h5-8,12,16H,3-4,10-11H2,1-2H3. The van der Waals surface area contributed by atoms with Crippen LogP contribution in [-0.2, 0) is 6.54 Å². The molecule has 2 nitrogen and oxygen atoms in total. The molecule has 1 aromatic carbocycles. The van der Waals surface area contributed by atoms with Crippen LogP contribution in [0, 0.1) is 11.3 Å². The molecule has 0 bridgehead atoms. The highest BCUT2D eigenvalue weighted by Gasteiger charge is 1.97. The molecule has 1 rings (SSSR count). The first-order chi connectivity index (χ1) is 8.22. The lowest BCUT2D eigenvalue weighted by atomic mass is 10.2. The molecule has 0 aliphatic heterocycles. The zero-order chi connectivity index (χ0) is 12.5. The Bertz CT molecular complexity index is 351. The van der Waals surface area contributed by atoms with Crippen LogP contribution in [0.5, 0.6) is 0 Å². The smallest absolute Gasteiger partial charge is 0.0622 e. The summed E-state index contributed by atoms with van der Waals surface area (Å²) in [6.45, 7) is 5.23. The van der Waals surface area contributed by atoms with E-state index in [0.717, 1.165) is 18.7 Å². The fourth-order valence-electron chi connectivity index (χ4n) is 1.37. The Morgan fingerprint density at radius 3 is 2.59 bits per heavy atom. The van der Waals surface area contributed by atoms with Gasteiger partial charge < -0.3 is 5.32 Å². The lowest BCUT2D eigenvalue weighted by Gasteiger charge is -2.08. The second kappa shape index (κ2) is 8.16. The maximum Gasteiger partial charge on any atom is 0.0622 e. The molecule has 17 heavy (non-hydrogen) atoms. The maximum absolute atomic E-state index is 8.44. The minimum Gasteiger partial charge on any atom is -0.310 e. The number of hydrogen-bond donors (Lipinski definition) is 1. The van der Waals surface area contributed by atoms with Gasteiger partial charge in [-0.2, -0.15) is 5.26 Å². The molecular weight excluding hydrogens is 228 g/mol. The molecule has 1 aromatic rings. The van der Waals surface area contributed by atoms with Crippen LogP contribution in [0.4, 0.5) is 0 Å². The van der Waals surface area contributed by atoms with Crippen LogP contribution in [-0.4, -0.2) is 11.8 Å². The van der Waals surface area contributed by atoms with Crippen molar-refractivity contribution in [3.8, 4) is 6.07 Å². The summed E-state index contributed by atoms with van der Waals surface area (Å²) in [6.07, 6.45) is 1.63. The van der Waals surface area contributed by atoms with E-state index in [1.54, 1.807) is 0 Å². The quantitative estimate of drug-likeness (QED) is 0.592. The molecule has 0 spiro atoms. The Morgan fingerprint density at radius 2 is 2.00 bits per heavy atom. The molecule has 0 amide bonds. The molecule has 0 atom stereocenters. The average molecular weight is 248 g/mol. The first-order valence-electron chi connectivity index (χ1n) is 6.04. The molecular formula is C14H20N2S. The van der Waals surface area contributed by atoms with Crippen molar-refractivity contribution in [2.24, 2.45) is 0 Å². The van der Waals surface area contributed by atoms with Crippen LogP contribution in [0.15, 0.2) is 29.2 Å². The van der Waals surface area contributed by atoms with E-state index in [4.69, 9.17) is 5.26 Å². The SMILES string of the molecule is CC(C)NCc1ccc(SCCCC#N)cc1. The molecule has 0 heterocycles. The summed E-state index contributed by atoms with van der Waals surface area (Å²) < 4.78 is 0. The van der Waals surface area contributed by atoms with Gasteiger partial charge in [-0.05, 0) is 29.9 Å². The minimum atomic E-state index is 0.523. The second-order valence-electron chi connectivity index (χ2n) is 4.29. The number of thioether (sulfide) groups is 1. The van der Waals surface area contributed by atoms with Crippen LogP contribution in [0.2, 0.25) is 0 Å². The van der Waals surface area contributed by atoms with Crippen molar-refractivity contribution in [1.29, 1.82) is 5.26 Å². The van der Waals surface area contributed by atoms with Crippen LogP contribution >= 0.6 is 11.8 Å². The van der Waals surface area contributed by atoms with Gasteiger partial charge in [0.2, 0.25) is 0 Å². The summed E-state index contributed by atoms with van der Waals surface area (Å²) in [5.41, 5.74) is 1.32. The third-order valence-electron chi connectivity index (χ3n) is 2.34. The number of nitrogens with zero attached hydrogens (tertiary/aromatic N) is 1. The average Bonchev–Trinajstić information content (AvgIpc) is 2.33. The second-order valence-corrected chi connectivity index (χ2v) is 5.46. The van der Waals surface area contributed by atoms with E-state index in [9.17, 15) is 0 Å². The highest BCUT2D eigenvalue weighted by atomic mass is 32.2. The van der Waals surface area contributed by atoms with Crippen molar-refractivity contribution in [2.45, 2.75) is 44.2 Å². The van der Waals surface area contributed by atoms with Crippen LogP contribution in [0.1, 0.15) is 32.3 Å². The van der Waals surface area contributed by atoms with Gasteiger partial charge in [0.15, 0.2) is 0 Å². The van der Waals surface area contributed by atoms with Gasteiger partial charge in [0.25, 0.3) is 0 Å². The van der Waals surface area contributed by atoms with E-state index in [1.165, 1.54) is 10.5 Å². The predicted octanol–water partition coefficient (Wildman–Crippen LogP) is 3.58. The number of benzene rings is 1. The number of rotatable bonds is 7. The van der Waals surface area contributed by atoms with E-state index in [1.807, 2.05) is 11.8 Å². The monoisotopic (exact) mass is 248 g/mol. The maximum atomic E-state index is 8.44. The van der Waals surface area contributed by atoms with E-state index in [2.05, 4.69) is 49.5 Å². The molecule has 0 fully saturated rings. The highest BCUT2D eigenvalue weighted by Crippen LogP contribution is 2.19. The minimum absolute atomic E-state index is 0.523. The van der Waals surface area contributed by atoms with E-state index in [0.29, 0.717) is 12.5 Å². The van der Waals surface area contributed by atoms with Gasteiger partial charge in [-0.1, -0.05) is 26.0 Å². The molecule has 0 saturated carbocycles. The lowest BCUT2D eigenvalue weighted by Crippen LogP contribution is -2.21. The zero-order valence-electron chi connectivity index (χ0n) is 10.6. The third kappa shape index (κ3) is 6.35. The molecule has 0 aliphatic carbocycles. The summed E-state index contributed by atoms with van der Waals surface area (Å²) in [6, 6.07) is 11.4. The van der Waals surface area contributed by atoms with Crippen LogP contribution in [0.25, 0.3) is 0 Å². The first-order valence-corrected chi connectivity index (χ1v) is 7.03. The topological polar surface area (TPSA) is 35.8 Å². The van der Waals surface area contributed by atoms with Crippen molar-refractivity contribution < 1.29 is 0 Å². The summed E-state index contributed by atoms with van der Waals surface area (Å²) in [5.74, 6) is 1.02. The highest BCUT2D eigenvalue weighted by molar-refractivity contribution is 7.99. The van der Waals surface area contributed by atoms with Gasteiger partial charge >= 0.3 is 0 Å². The van der Waals surface area contributed by atoms with Crippen molar-refractivity contribution in [1.82, 2.24) is 5.32 Å². The van der Waals surface area contributed by atoms with Crippen LogP contribution < -0.4 is 5.32 Å². The Hall–Kier alpha value is -0.980. The van der Waals surface area contributed by atoms with Gasteiger partial charge in [-0.3, -0.25) is 0 Å². The van der Waals surface area contributed by atoms with Gasteiger partial charge in [0, 0.05) is 23.9 Å². The number of nitriles is 1. The molecule has 0 radical (unpaired) electrons. The fraction of sp³-hybridized carbons (Fsp3) is 0.500. The molecule has 3 heteroatoms. The Morgan fingerprint density at radius 1 is 1.29 bits per heavy atom. The number of unbranched alkanes of at least 4 members (excludes halogenated alkanes) is 1. The Kier molecular flexibility index (Phi) is 6.76. The fourth-order valence-corrected chi connectivity index (χ4v) is 2.22. The Balaban J connectivity index is 2.32. The van der Waals surface area contributed by atoms with Crippen molar-refractivity contribution in [3.05, 3.63) is 29.8 Å². The summed E-state index contributed by atoms with van der Waals surface area (Å²) in [5, 5.41) is 11.8. The van der Waals surface area contributed by atoms with Gasteiger partial charge in [0.05, 0.1) is 6.07 Å². The molecule has 0 aliphatic rings. The van der Waals surface area contributed by atoms with E-state index in [-0.39, 0.29) is 0 Å². The summed E-state index contributed by atoms with van der Waals surface area (Å²) in [4.78, 5) is 1.29. The van der Waals surface area contributed by atoms with Crippen molar-refractivity contribution >= 4 is 11.8 Å². The van der Waals surface area contributed by atoms with Gasteiger partial charge in [-0.25, -0.2) is 0 Å². The largest absolute Gasteiger partial charge is 0.310 e. The number of hydrogen-bond acceptors (Lipinski definition) is 3. The summed E-state index contributed by atoms with van der Waals surface area (Å²) >= 11 is 1.82.